The molecule has 0 unspecified atom stereocenters. The fraction of sp³-hybridized carbons (Fsp3) is 0.0588. The van der Waals surface area contributed by atoms with E-state index in [1.165, 1.54) is 81.3 Å². The third kappa shape index (κ3) is 3.85. The van der Waals surface area contributed by atoms with E-state index in [1.54, 1.807) is 0 Å². The van der Waals surface area contributed by atoms with Gasteiger partial charge in [0.05, 0.1) is 22.4 Å². The maximum absolute atomic E-state index is 5.67. The highest BCUT2D eigenvalue weighted by molar-refractivity contribution is 6.37. The lowest BCUT2D eigenvalue weighted by molar-refractivity contribution is 0.657. The molecule has 0 radical (unpaired) electrons. The summed E-state index contributed by atoms with van der Waals surface area (Å²) in [4.78, 5) is 11.3. The van der Waals surface area contributed by atoms with Gasteiger partial charge in [-0.2, -0.15) is 0 Å². The minimum Gasteiger partial charge on any atom is -0.278 e. The normalized spacial score (nSPS) is 13.5. The lowest BCUT2D eigenvalue weighted by Gasteiger charge is -2.24. The molecule has 1 aliphatic rings. The van der Waals surface area contributed by atoms with Gasteiger partial charge < -0.3 is 0 Å². The second-order valence-electron chi connectivity index (χ2n) is 15.3. The molecule has 9 aromatic carbocycles. The van der Waals surface area contributed by atoms with Gasteiger partial charge in [-0.15, -0.1) is 0 Å². The van der Waals surface area contributed by atoms with Crippen LogP contribution in [0.25, 0.3) is 104 Å². The number of nitrogens with zero attached hydrogens (tertiary/aromatic N) is 3. The number of hydrogen-bond donors (Lipinski definition) is 0. The van der Waals surface area contributed by atoms with Crippen LogP contribution in [0.4, 0.5) is 0 Å². The maximum atomic E-state index is 5.67. The van der Waals surface area contributed by atoms with Crippen LogP contribution in [0.3, 0.4) is 0 Å². The van der Waals surface area contributed by atoms with Crippen molar-refractivity contribution in [1.29, 1.82) is 0 Å². The van der Waals surface area contributed by atoms with Crippen molar-refractivity contribution in [1.82, 2.24) is 14.5 Å². The molecule has 0 saturated heterocycles. The van der Waals surface area contributed by atoms with Crippen molar-refractivity contribution < 1.29 is 0 Å². The van der Waals surface area contributed by atoms with E-state index in [0.717, 1.165) is 28.0 Å². The van der Waals surface area contributed by atoms with Crippen LogP contribution >= 0.6 is 0 Å². The van der Waals surface area contributed by atoms with Gasteiger partial charge in [0, 0.05) is 38.3 Å². The van der Waals surface area contributed by atoms with E-state index in [0.29, 0.717) is 5.95 Å². The molecule has 54 heavy (non-hydrogen) atoms. The first kappa shape index (κ1) is 29.7. The summed E-state index contributed by atoms with van der Waals surface area (Å²) in [7, 11) is 0. The lowest BCUT2D eigenvalue weighted by atomic mass is 9.80. The van der Waals surface area contributed by atoms with Crippen molar-refractivity contribution in [3.05, 3.63) is 175 Å². The van der Waals surface area contributed by atoms with E-state index in [4.69, 9.17) is 9.97 Å². The van der Waals surface area contributed by atoms with Gasteiger partial charge in [-0.05, 0) is 72.2 Å². The SMILES string of the molecule is CC1(C)c2ccccc2-c2nc(-n3c4ccc5ccccc5c4c4c5c6ccccc6c6ccccc6c5ccc43)nc(-c3ccc4ccccc4c3)c21. The van der Waals surface area contributed by atoms with Crippen LogP contribution in [0.2, 0.25) is 0 Å². The zero-order valence-electron chi connectivity index (χ0n) is 29.9. The molecule has 11 aromatic rings. The zero-order valence-corrected chi connectivity index (χ0v) is 29.9. The van der Waals surface area contributed by atoms with Gasteiger partial charge >= 0.3 is 0 Å². The van der Waals surface area contributed by atoms with Crippen LogP contribution in [0.5, 0.6) is 0 Å². The molecule has 252 valence electrons. The largest absolute Gasteiger partial charge is 0.278 e. The quantitative estimate of drug-likeness (QED) is 0.169. The number of fused-ring (bicyclic) bond motifs is 16. The van der Waals surface area contributed by atoms with E-state index in [-0.39, 0.29) is 5.41 Å². The number of rotatable bonds is 2. The van der Waals surface area contributed by atoms with Crippen molar-refractivity contribution in [3.63, 3.8) is 0 Å². The zero-order chi connectivity index (χ0) is 35.7. The summed E-state index contributed by atoms with van der Waals surface area (Å²) in [6.45, 7) is 4.64. The Morgan fingerprint density at radius 3 is 1.78 bits per heavy atom. The standard InChI is InChI=1S/C51H33N3/c1-51(2)41-22-12-11-21-40(41)49-47(51)48(33-24-23-30-13-3-4-15-32(30)29-33)52-50(53-49)54-42-27-25-31-14-5-6-16-34(31)45(42)46-43(54)28-26-39-37-19-8-7-17-35(37)36-18-9-10-20-38(36)44(39)46/h3-29H,1-2H3. The molecule has 0 spiro atoms. The van der Waals surface area contributed by atoms with Gasteiger partial charge in [0.25, 0.3) is 0 Å². The maximum Gasteiger partial charge on any atom is 0.235 e. The molecule has 0 N–H and O–H groups in total. The Hall–Kier alpha value is -6.84. The summed E-state index contributed by atoms with van der Waals surface area (Å²) in [5, 5.41) is 14.9. The summed E-state index contributed by atoms with van der Waals surface area (Å²) in [6.07, 6.45) is 0. The molecule has 2 heterocycles. The number of aromatic nitrogens is 3. The van der Waals surface area contributed by atoms with Crippen LogP contribution in [-0.2, 0) is 5.41 Å². The van der Waals surface area contributed by atoms with E-state index in [2.05, 4.69) is 182 Å². The first-order chi connectivity index (χ1) is 26.6. The highest BCUT2D eigenvalue weighted by atomic mass is 15.2. The average molecular weight is 688 g/mol. The molecule has 0 saturated carbocycles. The third-order valence-corrected chi connectivity index (χ3v) is 12.1. The number of hydrogen-bond acceptors (Lipinski definition) is 2. The third-order valence-electron chi connectivity index (χ3n) is 12.1. The summed E-state index contributed by atoms with van der Waals surface area (Å²) >= 11 is 0. The van der Waals surface area contributed by atoms with Crippen molar-refractivity contribution in [2.45, 2.75) is 19.3 Å². The Morgan fingerprint density at radius 1 is 0.426 bits per heavy atom. The molecule has 0 bridgehead atoms. The van der Waals surface area contributed by atoms with Crippen LogP contribution < -0.4 is 0 Å². The van der Waals surface area contributed by atoms with Crippen LogP contribution in [-0.4, -0.2) is 14.5 Å². The molecule has 0 aliphatic heterocycles. The van der Waals surface area contributed by atoms with Gasteiger partial charge in [0.15, 0.2) is 0 Å². The average Bonchev–Trinajstić information content (AvgIpc) is 3.69. The minimum atomic E-state index is -0.279. The minimum absolute atomic E-state index is 0.279. The molecule has 3 heteroatoms. The van der Waals surface area contributed by atoms with E-state index in [9.17, 15) is 0 Å². The highest BCUT2D eigenvalue weighted by Crippen LogP contribution is 2.52. The fourth-order valence-corrected chi connectivity index (χ4v) is 9.73. The molecular formula is C51H33N3. The number of benzene rings is 9. The second kappa shape index (κ2) is 10.6. The first-order valence-corrected chi connectivity index (χ1v) is 18.8. The predicted molar refractivity (Wildman–Crippen MR) is 227 cm³/mol. The van der Waals surface area contributed by atoms with Crippen molar-refractivity contribution in [3.8, 4) is 28.5 Å². The Balaban J connectivity index is 1.28. The molecule has 2 aromatic heterocycles. The van der Waals surface area contributed by atoms with Crippen LogP contribution in [0, 0.1) is 0 Å². The highest BCUT2D eigenvalue weighted by Gasteiger charge is 2.40. The van der Waals surface area contributed by atoms with Crippen LogP contribution in [0.15, 0.2) is 164 Å². The topological polar surface area (TPSA) is 30.7 Å². The molecule has 12 rings (SSSR count). The van der Waals surface area contributed by atoms with Crippen molar-refractivity contribution in [2.24, 2.45) is 0 Å². The van der Waals surface area contributed by atoms with Gasteiger partial charge in [-0.25, -0.2) is 9.97 Å². The molecular weight excluding hydrogens is 655 g/mol. The molecule has 0 atom stereocenters. The summed E-state index contributed by atoms with van der Waals surface area (Å²) in [5.74, 6) is 0.684. The van der Waals surface area contributed by atoms with E-state index in [1.807, 2.05) is 0 Å². The van der Waals surface area contributed by atoms with Gasteiger partial charge in [-0.3, -0.25) is 4.57 Å². The Labute approximate surface area is 311 Å². The monoisotopic (exact) mass is 687 g/mol. The smallest absolute Gasteiger partial charge is 0.235 e. The summed E-state index contributed by atoms with van der Waals surface area (Å²) in [6, 6.07) is 59.8. The Kier molecular flexibility index (Phi) is 5.84. The lowest BCUT2D eigenvalue weighted by Crippen LogP contribution is -2.18. The van der Waals surface area contributed by atoms with E-state index < -0.39 is 0 Å². The summed E-state index contributed by atoms with van der Waals surface area (Å²) in [5.41, 5.74) is 8.65. The molecule has 0 fully saturated rings. The summed E-state index contributed by atoms with van der Waals surface area (Å²) < 4.78 is 2.33. The van der Waals surface area contributed by atoms with Crippen LogP contribution in [0.1, 0.15) is 25.0 Å². The first-order valence-electron chi connectivity index (χ1n) is 18.8. The van der Waals surface area contributed by atoms with Gasteiger partial charge in [0.1, 0.15) is 0 Å². The Bertz CT molecular complexity index is 3390. The van der Waals surface area contributed by atoms with Gasteiger partial charge in [-0.1, -0.05) is 159 Å². The Morgan fingerprint density at radius 2 is 0.981 bits per heavy atom. The molecule has 3 nitrogen and oxygen atoms in total. The van der Waals surface area contributed by atoms with Gasteiger partial charge in [0.2, 0.25) is 5.95 Å². The molecule has 0 amide bonds. The predicted octanol–water partition coefficient (Wildman–Crippen LogP) is 13.3. The van der Waals surface area contributed by atoms with Crippen molar-refractivity contribution >= 4 is 75.7 Å². The fourth-order valence-electron chi connectivity index (χ4n) is 9.73. The van der Waals surface area contributed by atoms with E-state index >= 15 is 0 Å². The second-order valence-corrected chi connectivity index (χ2v) is 15.3. The van der Waals surface area contributed by atoms with Crippen molar-refractivity contribution in [2.75, 3.05) is 0 Å². The molecule has 1 aliphatic carbocycles.